The lowest BCUT2D eigenvalue weighted by Crippen LogP contribution is -2.33. The first kappa shape index (κ1) is 20.2. The van der Waals surface area contributed by atoms with Crippen LogP contribution in [-0.2, 0) is 4.79 Å². The maximum atomic E-state index is 11.9. The van der Waals surface area contributed by atoms with E-state index in [0.29, 0.717) is 0 Å². The van der Waals surface area contributed by atoms with Crippen LogP contribution in [0.3, 0.4) is 0 Å². The SMILES string of the molecule is C=CC(C)C(=O)N(C)CCCNCCCN(CC)c1ccccc1. The molecule has 1 aromatic rings. The van der Waals surface area contributed by atoms with Crippen LogP contribution in [-0.4, -0.2) is 50.6 Å². The molecule has 0 radical (unpaired) electrons. The Balaban J connectivity index is 2.12. The summed E-state index contributed by atoms with van der Waals surface area (Å²) in [6.45, 7) is 12.6. The molecule has 4 heteroatoms. The fraction of sp³-hybridized carbons (Fsp3) is 0.550. The minimum atomic E-state index is -0.0963. The van der Waals surface area contributed by atoms with Gasteiger partial charge < -0.3 is 15.1 Å². The van der Waals surface area contributed by atoms with Crippen molar-refractivity contribution >= 4 is 11.6 Å². The summed E-state index contributed by atoms with van der Waals surface area (Å²) in [5, 5.41) is 3.47. The number of para-hydroxylation sites is 1. The molecule has 1 atom stereocenters. The van der Waals surface area contributed by atoms with Crippen molar-refractivity contribution in [2.24, 2.45) is 5.92 Å². The quantitative estimate of drug-likeness (QED) is 0.472. The van der Waals surface area contributed by atoms with Crippen LogP contribution in [0.25, 0.3) is 0 Å². The van der Waals surface area contributed by atoms with E-state index in [9.17, 15) is 4.79 Å². The third-order valence-corrected chi connectivity index (χ3v) is 4.25. The molecule has 24 heavy (non-hydrogen) atoms. The Kier molecular flexibility index (Phi) is 9.85. The van der Waals surface area contributed by atoms with Gasteiger partial charge >= 0.3 is 0 Å². The molecule has 4 nitrogen and oxygen atoms in total. The van der Waals surface area contributed by atoms with Gasteiger partial charge in [0.1, 0.15) is 0 Å². The Morgan fingerprint density at radius 2 is 1.83 bits per heavy atom. The molecule has 0 spiro atoms. The molecule has 0 aromatic heterocycles. The highest BCUT2D eigenvalue weighted by Crippen LogP contribution is 2.12. The maximum Gasteiger partial charge on any atom is 0.228 e. The van der Waals surface area contributed by atoms with Crippen molar-refractivity contribution < 1.29 is 4.79 Å². The molecule has 1 amide bonds. The fourth-order valence-electron chi connectivity index (χ4n) is 2.63. The highest BCUT2D eigenvalue weighted by molar-refractivity contribution is 5.79. The molecular formula is C20H33N3O. The molecule has 0 fully saturated rings. The van der Waals surface area contributed by atoms with Crippen molar-refractivity contribution in [2.75, 3.05) is 44.7 Å². The summed E-state index contributed by atoms with van der Waals surface area (Å²) in [4.78, 5) is 16.1. The normalized spacial score (nSPS) is 11.8. The number of benzene rings is 1. The second kappa shape index (κ2) is 11.7. The van der Waals surface area contributed by atoms with Gasteiger partial charge in [-0.05, 0) is 45.0 Å². The largest absolute Gasteiger partial charge is 0.372 e. The Morgan fingerprint density at radius 1 is 1.21 bits per heavy atom. The summed E-state index contributed by atoms with van der Waals surface area (Å²) < 4.78 is 0. The van der Waals surface area contributed by atoms with Crippen LogP contribution in [0.4, 0.5) is 5.69 Å². The molecule has 0 bridgehead atoms. The summed E-state index contributed by atoms with van der Waals surface area (Å²) in [5.41, 5.74) is 1.29. The van der Waals surface area contributed by atoms with E-state index in [2.05, 4.69) is 54.1 Å². The predicted octanol–water partition coefficient (Wildman–Crippen LogP) is 3.16. The number of nitrogens with one attached hydrogen (secondary N) is 1. The maximum absolute atomic E-state index is 11.9. The fourth-order valence-corrected chi connectivity index (χ4v) is 2.63. The molecule has 0 aliphatic rings. The number of anilines is 1. The Morgan fingerprint density at radius 3 is 2.42 bits per heavy atom. The monoisotopic (exact) mass is 331 g/mol. The van der Waals surface area contributed by atoms with Crippen LogP contribution < -0.4 is 10.2 Å². The Labute approximate surface area is 147 Å². The molecule has 0 heterocycles. The van der Waals surface area contributed by atoms with E-state index in [1.54, 1.807) is 11.0 Å². The first-order chi connectivity index (χ1) is 11.6. The molecule has 0 aliphatic heterocycles. The molecular weight excluding hydrogens is 298 g/mol. The van der Waals surface area contributed by atoms with Gasteiger partial charge in [-0.2, -0.15) is 0 Å². The van der Waals surface area contributed by atoms with Crippen LogP contribution >= 0.6 is 0 Å². The summed E-state index contributed by atoms with van der Waals surface area (Å²) in [5.74, 6) is 0.0485. The van der Waals surface area contributed by atoms with E-state index in [-0.39, 0.29) is 11.8 Å². The predicted molar refractivity (Wildman–Crippen MR) is 103 cm³/mol. The first-order valence-corrected chi connectivity index (χ1v) is 8.98. The van der Waals surface area contributed by atoms with Crippen molar-refractivity contribution in [3.8, 4) is 0 Å². The van der Waals surface area contributed by atoms with Gasteiger partial charge in [-0.25, -0.2) is 0 Å². The Hall–Kier alpha value is -1.81. The number of amides is 1. The zero-order valence-electron chi connectivity index (χ0n) is 15.5. The van der Waals surface area contributed by atoms with Gasteiger partial charge in [-0.3, -0.25) is 4.79 Å². The second-order valence-corrected chi connectivity index (χ2v) is 6.16. The van der Waals surface area contributed by atoms with Gasteiger partial charge in [0.05, 0.1) is 5.92 Å². The highest BCUT2D eigenvalue weighted by atomic mass is 16.2. The number of carbonyl (C=O) groups excluding carboxylic acids is 1. The van der Waals surface area contributed by atoms with E-state index in [1.807, 2.05) is 14.0 Å². The standard InChI is InChI=1S/C20H33N3O/c1-5-18(3)20(24)22(4)16-10-14-21-15-11-17-23(6-2)19-12-8-7-9-13-19/h5,7-9,12-13,18,21H,1,6,10-11,14-17H2,2-4H3. The number of nitrogens with zero attached hydrogens (tertiary/aromatic N) is 2. The third-order valence-electron chi connectivity index (χ3n) is 4.25. The number of rotatable bonds is 12. The van der Waals surface area contributed by atoms with Crippen molar-refractivity contribution in [2.45, 2.75) is 26.7 Å². The molecule has 1 N–H and O–H groups in total. The lowest BCUT2D eigenvalue weighted by Gasteiger charge is -2.23. The average molecular weight is 332 g/mol. The third kappa shape index (κ3) is 7.18. The number of carbonyl (C=O) groups is 1. The average Bonchev–Trinajstić information content (AvgIpc) is 2.63. The van der Waals surface area contributed by atoms with E-state index in [4.69, 9.17) is 0 Å². The van der Waals surface area contributed by atoms with E-state index >= 15 is 0 Å². The Bertz CT molecular complexity index is 475. The first-order valence-electron chi connectivity index (χ1n) is 8.98. The van der Waals surface area contributed by atoms with Gasteiger partial charge in [0, 0.05) is 32.4 Å². The number of hydrogen-bond acceptors (Lipinski definition) is 3. The van der Waals surface area contributed by atoms with Crippen molar-refractivity contribution in [3.05, 3.63) is 43.0 Å². The molecule has 134 valence electrons. The van der Waals surface area contributed by atoms with Gasteiger partial charge in [0.2, 0.25) is 5.91 Å². The van der Waals surface area contributed by atoms with Crippen LogP contribution in [0.15, 0.2) is 43.0 Å². The molecule has 1 unspecified atom stereocenters. The van der Waals surface area contributed by atoms with Gasteiger partial charge in [-0.15, -0.1) is 6.58 Å². The van der Waals surface area contributed by atoms with Crippen molar-refractivity contribution in [1.29, 1.82) is 0 Å². The molecule has 0 saturated heterocycles. The van der Waals surface area contributed by atoms with Gasteiger partial charge in [0.15, 0.2) is 0 Å². The summed E-state index contributed by atoms with van der Waals surface area (Å²) in [6, 6.07) is 10.5. The van der Waals surface area contributed by atoms with Crippen molar-refractivity contribution in [1.82, 2.24) is 10.2 Å². The van der Waals surface area contributed by atoms with Gasteiger partial charge in [-0.1, -0.05) is 31.2 Å². The number of hydrogen-bond donors (Lipinski definition) is 1. The van der Waals surface area contributed by atoms with Gasteiger partial charge in [0.25, 0.3) is 0 Å². The smallest absolute Gasteiger partial charge is 0.228 e. The zero-order valence-corrected chi connectivity index (χ0v) is 15.5. The lowest BCUT2D eigenvalue weighted by atomic mass is 10.1. The van der Waals surface area contributed by atoms with Crippen molar-refractivity contribution in [3.63, 3.8) is 0 Å². The molecule has 1 rings (SSSR count). The van der Waals surface area contributed by atoms with E-state index in [1.165, 1.54) is 5.69 Å². The highest BCUT2D eigenvalue weighted by Gasteiger charge is 2.13. The topological polar surface area (TPSA) is 35.6 Å². The molecule has 1 aromatic carbocycles. The molecule has 0 aliphatic carbocycles. The van der Waals surface area contributed by atoms with Crippen LogP contribution in [0.5, 0.6) is 0 Å². The summed E-state index contributed by atoms with van der Waals surface area (Å²) in [6.07, 6.45) is 3.79. The summed E-state index contributed by atoms with van der Waals surface area (Å²) >= 11 is 0. The lowest BCUT2D eigenvalue weighted by molar-refractivity contribution is -0.132. The molecule has 0 saturated carbocycles. The van der Waals surface area contributed by atoms with Crippen LogP contribution in [0, 0.1) is 5.92 Å². The van der Waals surface area contributed by atoms with E-state index in [0.717, 1.165) is 45.6 Å². The van der Waals surface area contributed by atoms with Crippen LogP contribution in [0.2, 0.25) is 0 Å². The second-order valence-electron chi connectivity index (χ2n) is 6.16. The summed E-state index contributed by atoms with van der Waals surface area (Å²) in [7, 11) is 1.86. The minimum absolute atomic E-state index is 0.0963. The zero-order chi connectivity index (χ0) is 17.8. The van der Waals surface area contributed by atoms with Crippen LogP contribution in [0.1, 0.15) is 26.7 Å². The minimum Gasteiger partial charge on any atom is -0.372 e. The van der Waals surface area contributed by atoms with E-state index < -0.39 is 0 Å².